The van der Waals surface area contributed by atoms with E-state index in [1.807, 2.05) is 0 Å². The first-order valence-corrected chi connectivity index (χ1v) is 7.99. The predicted octanol–water partition coefficient (Wildman–Crippen LogP) is 4.04. The van der Waals surface area contributed by atoms with E-state index in [1.165, 1.54) is 38.8 Å². The summed E-state index contributed by atoms with van der Waals surface area (Å²) in [5, 5.41) is 0. The van der Waals surface area contributed by atoms with Crippen molar-refractivity contribution in [3.63, 3.8) is 0 Å². The lowest BCUT2D eigenvalue weighted by molar-refractivity contribution is -0.124. The monoisotopic (exact) mass is 253 g/mol. The normalized spacial score (nSPS) is 24.4. The van der Waals surface area contributed by atoms with Crippen LogP contribution in [0.25, 0.3) is 0 Å². The summed E-state index contributed by atoms with van der Waals surface area (Å²) in [5.74, 6) is 0.884. The number of ketones is 1. The minimum Gasteiger partial charge on any atom is -0.300 e. The first kappa shape index (κ1) is 15.7. The number of rotatable bonds is 8. The van der Waals surface area contributed by atoms with Crippen molar-refractivity contribution >= 4 is 5.78 Å². The third-order valence-corrected chi connectivity index (χ3v) is 4.14. The summed E-state index contributed by atoms with van der Waals surface area (Å²) < 4.78 is 0. The van der Waals surface area contributed by atoms with Crippen molar-refractivity contribution in [2.75, 3.05) is 13.1 Å². The molecule has 1 saturated carbocycles. The first-order valence-electron chi connectivity index (χ1n) is 7.99. The zero-order chi connectivity index (χ0) is 13.4. The van der Waals surface area contributed by atoms with Gasteiger partial charge in [-0.2, -0.15) is 0 Å². The molecule has 2 nitrogen and oxygen atoms in total. The van der Waals surface area contributed by atoms with Crippen LogP contribution < -0.4 is 0 Å². The van der Waals surface area contributed by atoms with Crippen molar-refractivity contribution in [3.05, 3.63) is 0 Å². The molecule has 106 valence electrons. The van der Waals surface area contributed by atoms with Crippen molar-refractivity contribution in [1.29, 1.82) is 0 Å². The molecule has 0 aromatic heterocycles. The topological polar surface area (TPSA) is 20.3 Å². The van der Waals surface area contributed by atoms with Gasteiger partial charge in [0.2, 0.25) is 0 Å². The maximum absolute atomic E-state index is 12.1. The second-order valence-electron chi connectivity index (χ2n) is 5.77. The number of carbonyl (C=O) groups is 1. The highest BCUT2D eigenvalue weighted by Gasteiger charge is 2.29. The minimum atomic E-state index is 0.361. The highest BCUT2D eigenvalue weighted by atomic mass is 16.1. The smallest absolute Gasteiger partial charge is 0.136 e. The Bertz CT molecular complexity index is 233. The number of carbonyl (C=O) groups excluding carboxylic acids is 1. The molecule has 1 aliphatic rings. The van der Waals surface area contributed by atoms with Gasteiger partial charge in [-0.3, -0.25) is 4.79 Å². The first-order chi connectivity index (χ1) is 8.72. The van der Waals surface area contributed by atoms with Crippen LogP contribution in [0.1, 0.15) is 72.1 Å². The van der Waals surface area contributed by atoms with Gasteiger partial charge in [-0.25, -0.2) is 0 Å². The lowest BCUT2D eigenvalue weighted by atomic mass is 9.81. The average molecular weight is 253 g/mol. The van der Waals surface area contributed by atoms with Gasteiger partial charge in [0, 0.05) is 18.4 Å². The number of hydrogen-bond donors (Lipinski definition) is 0. The predicted molar refractivity (Wildman–Crippen MR) is 77.8 cm³/mol. The van der Waals surface area contributed by atoms with E-state index in [1.54, 1.807) is 0 Å². The molecule has 2 atom stereocenters. The Morgan fingerprint density at radius 2 is 1.72 bits per heavy atom. The molecule has 1 rings (SSSR count). The fourth-order valence-electron chi connectivity index (χ4n) is 3.29. The highest BCUT2D eigenvalue weighted by molar-refractivity contribution is 5.81. The second-order valence-corrected chi connectivity index (χ2v) is 5.77. The summed E-state index contributed by atoms with van der Waals surface area (Å²) in [7, 11) is 0. The average Bonchev–Trinajstić information content (AvgIpc) is 2.39. The molecule has 18 heavy (non-hydrogen) atoms. The van der Waals surface area contributed by atoms with E-state index in [-0.39, 0.29) is 0 Å². The summed E-state index contributed by atoms with van der Waals surface area (Å²) in [6.45, 7) is 9.02. The molecule has 0 aromatic rings. The van der Waals surface area contributed by atoms with Gasteiger partial charge in [-0.1, -0.05) is 27.2 Å². The molecule has 2 unspecified atom stereocenters. The van der Waals surface area contributed by atoms with Gasteiger partial charge in [-0.05, 0) is 51.6 Å². The van der Waals surface area contributed by atoms with Gasteiger partial charge in [-0.15, -0.1) is 0 Å². The van der Waals surface area contributed by atoms with E-state index in [0.717, 1.165) is 25.7 Å². The molecule has 0 amide bonds. The van der Waals surface area contributed by atoms with E-state index < -0.39 is 0 Å². The molecule has 0 saturated heterocycles. The zero-order valence-corrected chi connectivity index (χ0v) is 12.6. The number of nitrogens with zero attached hydrogens (tertiary/aromatic N) is 1. The van der Waals surface area contributed by atoms with Gasteiger partial charge in [0.15, 0.2) is 0 Å². The fourth-order valence-corrected chi connectivity index (χ4v) is 3.29. The van der Waals surface area contributed by atoms with Crippen LogP contribution in [-0.2, 0) is 4.79 Å². The van der Waals surface area contributed by atoms with Crippen LogP contribution in [0.4, 0.5) is 0 Å². The van der Waals surface area contributed by atoms with Crippen molar-refractivity contribution in [1.82, 2.24) is 4.90 Å². The molecule has 0 heterocycles. The van der Waals surface area contributed by atoms with Crippen molar-refractivity contribution < 1.29 is 4.79 Å². The number of hydrogen-bond acceptors (Lipinski definition) is 2. The van der Waals surface area contributed by atoms with Crippen molar-refractivity contribution in [2.45, 2.75) is 78.2 Å². The van der Waals surface area contributed by atoms with Crippen LogP contribution in [0.15, 0.2) is 0 Å². The Morgan fingerprint density at radius 1 is 1.06 bits per heavy atom. The van der Waals surface area contributed by atoms with E-state index in [2.05, 4.69) is 25.7 Å². The van der Waals surface area contributed by atoms with E-state index in [4.69, 9.17) is 0 Å². The molecular formula is C16H31NO. The second kappa shape index (κ2) is 8.68. The van der Waals surface area contributed by atoms with Gasteiger partial charge >= 0.3 is 0 Å². The third-order valence-electron chi connectivity index (χ3n) is 4.14. The maximum Gasteiger partial charge on any atom is 0.136 e. The van der Waals surface area contributed by atoms with Gasteiger partial charge in [0.25, 0.3) is 0 Å². The van der Waals surface area contributed by atoms with Crippen LogP contribution in [0.3, 0.4) is 0 Å². The standard InChI is InChI=1S/C16H31NO/c1-4-8-16(18)14-9-7-10-15(13-14)17(11-5-2)12-6-3/h14-15H,4-13H2,1-3H3. The fraction of sp³-hybridized carbons (Fsp3) is 0.938. The third kappa shape index (κ3) is 4.72. The molecule has 0 aliphatic heterocycles. The zero-order valence-electron chi connectivity index (χ0n) is 12.6. The lowest BCUT2D eigenvalue weighted by Gasteiger charge is -2.37. The Kier molecular flexibility index (Phi) is 7.57. The molecule has 0 aromatic carbocycles. The van der Waals surface area contributed by atoms with Crippen molar-refractivity contribution in [2.24, 2.45) is 5.92 Å². The van der Waals surface area contributed by atoms with Crippen LogP contribution >= 0.6 is 0 Å². The summed E-state index contributed by atoms with van der Waals surface area (Å²) in [5.41, 5.74) is 0. The Morgan fingerprint density at radius 3 is 2.28 bits per heavy atom. The molecule has 0 bridgehead atoms. The Hall–Kier alpha value is -0.370. The quantitative estimate of drug-likeness (QED) is 0.651. The van der Waals surface area contributed by atoms with E-state index in [9.17, 15) is 4.79 Å². The maximum atomic E-state index is 12.1. The Labute approximate surface area is 113 Å². The van der Waals surface area contributed by atoms with Crippen LogP contribution in [0, 0.1) is 5.92 Å². The molecule has 0 radical (unpaired) electrons. The SMILES string of the molecule is CCCC(=O)C1CCCC(N(CCC)CCC)C1. The largest absolute Gasteiger partial charge is 0.300 e. The highest BCUT2D eigenvalue weighted by Crippen LogP contribution is 2.29. The van der Waals surface area contributed by atoms with E-state index >= 15 is 0 Å². The molecule has 0 N–H and O–H groups in total. The van der Waals surface area contributed by atoms with Crippen LogP contribution in [-0.4, -0.2) is 29.8 Å². The minimum absolute atomic E-state index is 0.361. The Balaban J connectivity index is 2.52. The number of Topliss-reactive ketones (excluding diaryl/α,β-unsaturated/α-hetero) is 1. The molecular weight excluding hydrogens is 222 g/mol. The summed E-state index contributed by atoms with van der Waals surface area (Å²) >= 11 is 0. The van der Waals surface area contributed by atoms with Gasteiger partial charge in [0.1, 0.15) is 5.78 Å². The molecule has 0 spiro atoms. The van der Waals surface area contributed by atoms with E-state index in [0.29, 0.717) is 17.7 Å². The van der Waals surface area contributed by atoms with Crippen LogP contribution in [0.5, 0.6) is 0 Å². The van der Waals surface area contributed by atoms with Gasteiger partial charge in [0.05, 0.1) is 0 Å². The summed E-state index contributed by atoms with van der Waals surface area (Å²) in [6, 6.07) is 0.671. The lowest BCUT2D eigenvalue weighted by Crippen LogP contribution is -2.41. The van der Waals surface area contributed by atoms with Gasteiger partial charge < -0.3 is 4.90 Å². The van der Waals surface area contributed by atoms with Crippen LogP contribution in [0.2, 0.25) is 0 Å². The summed E-state index contributed by atoms with van der Waals surface area (Å²) in [4.78, 5) is 14.7. The summed E-state index contributed by atoms with van der Waals surface area (Å²) in [6.07, 6.45) is 9.06. The molecule has 2 heteroatoms. The van der Waals surface area contributed by atoms with Crippen molar-refractivity contribution in [3.8, 4) is 0 Å². The molecule has 1 aliphatic carbocycles. The molecule has 1 fully saturated rings.